The lowest BCUT2D eigenvalue weighted by molar-refractivity contribution is 0.193. The Bertz CT molecular complexity index is 390. The van der Waals surface area contributed by atoms with Crippen LogP contribution in [-0.2, 0) is 6.42 Å². The first-order valence-electron chi connectivity index (χ1n) is 7.19. The van der Waals surface area contributed by atoms with Gasteiger partial charge in [0.25, 0.3) is 0 Å². The van der Waals surface area contributed by atoms with Crippen molar-refractivity contribution < 1.29 is 0 Å². The Balaban J connectivity index is 2.00. The molecular weight excluding hydrogens is 220 g/mol. The Morgan fingerprint density at radius 1 is 1.39 bits per heavy atom. The molecule has 1 aliphatic carbocycles. The van der Waals surface area contributed by atoms with E-state index in [-0.39, 0.29) is 5.54 Å². The van der Waals surface area contributed by atoms with Crippen molar-refractivity contribution in [3.63, 3.8) is 0 Å². The molecule has 100 valence electrons. The number of nitrogens with two attached hydrogens (primary N) is 1. The molecule has 1 aromatic rings. The van der Waals surface area contributed by atoms with Gasteiger partial charge in [0.1, 0.15) is 0 Å². The van der Waals surface area contributed by atoms with Crippen molar-refractivity contribution in [3.05, 3.63) is 29.6 Å². The van der Waals surface area contributed by atoms with Crippen LogP contribution >= 0.6 is 0 Å². The standard InChI is InChI=1S/C16H26N2/c1-12(2)14-6-8-16(17,9-7-14)11-15-13(3)5-4-10-18-15/h4-5,10,12,14H,6-9,11,17H2,1-3H3. The summed E-state index contributed by atoms with van der Waals surface area (Å²) < 4.78 is 0. The molecule has 0 aliphatic heterocycles. The minimum absolute atomic E-state index is 0.0233. The van der Waals surface area contributed by atoms with Gasteiger partial charge in [0.15, 0.2) is 0 Å². The third-order valence-corrected chi connectivity index (χ3v) is 4.61. The Hall–Kier alpha value is -0.890. The van der Waals surface area contributed by atoms with Crippen molar-refractivity contribution in [1.29, 1.82) is 0 Å². The van der Waals surface area contributed by atoms with E-state index in [1.165, 1.54) is 24.1 Å². The zero-order chi connectivity index (χ0) is 13.2. The van der Waals surface area contributed by atoms with Crippen molar-refractivity contribution in [2.24, 2.45) is 17.6 Å². The third-order valence-electron chi connectivity index (χ3n) is 4.61. The highest BCUT2D eigenvalue weighted by Gasteiger charge is 2.33. The number of hydrogen-bond donors (Lipinski definition) is 1. The zero-order valence-electron chi connectivity index (χ0n) is 11.9. The van der Waals surface area contributed by atoms with Crippen LogP contribution in [0.1, 0.15) is 50.8 Å². The predicted octanol–water partition coefficient (Wildman–Crippen LogP) is 3.48. The number of nitrogens with zero attached hydrogens (tertiary/aromatic N) is 1. The minimum atomic E-state index is -0.0233. The average molecular weight is 246 g/mol. The van der Waals surface area contributed by atoms with Crippen LogP contribution in [0.4, 0.5) is 0 Å². The zero-order valence-corrected chi connectivity index (χ0v) is 11.9. The molecule has 2 rings (SSSR count). The Morgan fingerprint density at radius 2 is 2.06 bits per heavy atom. The summed E-state index contributed by atoms with van der Waals surface area (Å²) in [7, 11) is 0. The SMILES string of the molecule is Cc1cccnc1CC1(N)CCC(C(C)C)CC1. The van der Waals surface area contributed by atoms with E-state index >= 15 is 0 Å². The lowest BCUT2D eigenvalue weighted by Crippen LogP contribution is -2.46. The minimum Gasteiger partial charge on any atom is -0.325 e. The van der Waals surface area contributed by atoms with Crippen LogP contribution in [0.3, 0.4) is 0 Å². The first kappa shape index (κ1) is 13.5. The highest BCUT2D eigenvalue weighted by atomic mass is 14.8. The highest BCUT2D eigenvalue weighted by Crippen LogP contribution is 2.36. The molecule has 1 aliphatic rings. The van der Waals surface area contributed by atoms with Gasteiger partial charge in [-0.25, -0.2) is 0 Å². The topological polar surface area (TPSA) is 38.9 Å². The molecule has 0 bridgehead atoms. The molecule has 0 unspecified atom stereocenters. The number of hydrogen-bond acceptors (Lipinski definition) is 2. The maximum Gasteiger partial charge on any atom is 0.0451 e. The summed E-state index contributed by atoms with van der Waals surface area (Å²) in [5.74, 6) is 1.66. The monoisotopic (exact) mass is 246 g/mol. The van der Waals surface area contributed by atoms with E-state index in [1.54, 1.807) is 0 Å². The van der Waals surface area contributed by atoms with Gasteiger partial charge < -0.3 is 5.73 Å². The van der Waals surface area contributed by atoms with Crippen molar-refractivity contribution in [2.45, 2.75) is 58.4 Å². The van der Waals surface area contributed by atoms with Crippen LogP contribution in [0.15, 0.2) is 18.3 Å². The summed E-state index contributed by atoms with van der Waals surface area (Å²) in [5, 5.41) is 0. The van der Waals surface area contributed by atoms with Crippen LogP contribution in [0.2, 0.25) is 0 Å². The van der Waals surface area contributed by atoms with Crippen LogP contribution in [-0.4, -0.2) is 10.5 Å². The van der Waals surface area contributed by atoms with Crippen molar-refractivity contribution >= 4 is 0 Å². The summed E-state index contributed by atoms with van der Waals surface area (Å²) in [6.07, 6.45) is 7.66. The van der Waals surface area contributed by atoms with Gasteiger partial charge in [-0.15, -0.1) is 0 Å². The Kier molecular flexibility index (Phi) is 4.06. The van der Waals surface area contributed by atoms with Crippen LogP contribution in [0.25, 0.3) is 0 Å². The summed E-state index contributed by atoms with van der Waals surface area (Å²) in [6, 6.07) is 4.13. The molecule has 2 N–H and O–H groups in total. The predicted molar refractivity (Wildman–Crippen MR) is 76.4 cm³/mol. The molecule has 0 aromatic carbocycles. The molecule has 0 atom stereocenters. The van der Waals surface area contributed by atoms with E-state index < -0.39 is 0 Å². The molecule has 1 saturated carbocycles. The van der Waals surface area contributed by atoms with Gasteiger partial charge >= 0.3 is 0 Å². The second kappa shape index (κ2) is 5.40. The quantitative estimate of drug-likeness (QED) is 0.887. The lowest BCUT2D eigenvalue weighted by Gasteiger charge is -2.38. The van der Waals surface area contributed by atoms with Gasteiger partial charge in [-0.05, 0) is 56.1 Å². The molecule has 1 aromatic heterocycles. The van der Waals surface area contributed by atoms with Crippen molar-refractivity contribution in [3.8, 4) is 0 Å². The molecule has 18 heavy (non-hydrogen) atoms. The third kappa shape index (κ3) is 3.11. The van der Waals surface area contributed by atoms with Gasteiger partial charge in [-0.3, -0.25) is 4.98 Å². The Labute approximate surface area is 111 Å². The van der Waals surface area contributed by atoms with Crippen molar-refractivity contribution in [2.75, 3.05) is 0 Å². The number of rotatable bonds is 3. The van der Waals surface area contributed by atoms with E-state index in [2.05, 4.69) is 31.8 Å². The number of pyridine rings is 1. The lowest BCUT2D eigenvalue weighted by atomic mass is 9.71. The van der Waals surface area contributed by atoms with Gasteiger partial charge in [0, 0.05) is 23.9 Å². The highest BCUT2D eigenvalue weighted by molar-refractivity contribution is 5.20. The molecular formula is C16H26N2. The molecule has 2 nitrogen and oxygen atoms in total. The van der Waals surface area contributed by atoms with Gasteiger partial charge in [0.05, 0.1) is 0 Å². The van der Waals surface area contributed by atoms with Gasteiger partial charge in [-0.1, -0.05) is 19.9 Å². The summed E-state index contributed by atoms with van der Waals surface area (Å²) in [6.45, 7) is 6.79. The fraction of sp³-hybridized carbons (Fsp3) is 0.688. The molecule has 1 heterocycles. The van der Waals surface area contributed by atoms with Crippen LogP contribution < -0.4 is 5.73 Å². The van der Waals surface area contributed by atoms with E-state index in [4.69, 9.17) is 5.73 Å². The second-order valence-electron chi connectivity index (χ2n) is 6.39. The smallest absolute Gasteiger partial charge is 0.0451 e. The maximum absolute atomic E-state index is 6.58. The number of aryl methyl sites for hydroxylation is 1. The molecule has 0 amide bonds. The normalized spacial score (nSPS) is 28.6. The van der Waals surface area contributed by atoms with E-state index in [0.717, 1.165) is 31.1 Å². The summed E-state index contributed by atoms with van der Waals surface area (Å²) >= 11 is 0. The average Bonchev–Trinajstić information content (AvgIpc) is 2.32. The summed E-state index contributed by atoms with van der Waals surface area (Å²) in [5.41, 5.74) is 9.01. The van der Waals surface area contributed by atoms with Gasteiger partial charge in [0.2, 0.25) is 0 Å². The fourth-order valence-electron chi connectivity index (χ4n) is 3.10. The molecule has 0 saturated heterocycles. The summed E-state index contributed by atoms with van der Waals surface area (Å²) in [4.78, 5) is 4.49. The van der Waals surface area contributed by atoms with E-state index in [0.29, 0.717) is 0 Å². The maximum atomic E-state index is 6.58. The fourth-order valence-corrected chi connectivity index (χ4v) is 3.10. The molecule has 1 fully saturated rings. The van der Waals surface area contributed by atoms with Crippen LogP contribution in [0, 0.1) is 18.8 Å². The first-order chi connectivity index (χ1) is 8.50. The molecule has 0 radical (unpaired) electrons. The van der Waals surface area contributed by atoms with E-state index in [1.807, 2.05) is 12.3 Å². The van der Waals surface area contributed by atoms with Crippen molar-refractivity contribution in [1.82, 2.24) is 4.98 Å². The van der Waals surface area contributed by atoms with Crippen LogP contribution in [0.5, 0.6) is 0 Å². The second-order valence-corrected chi connectivity index (χ2v) is 6.39. The molecule has 0 spiro atoms. The van der Waals surface area contributed by atoms with E-state index in [9.17, 15) is 0 Å². The van der Waals surface area contributed by atoms with Gasteiger partial charge in [-0.2, -0.15) is 0 Å². The number of aromatic nitrogens is 1. The Morgan fingerprint density at radius 3 is 2.61 bits per heavy atom. The first-order valence-corrected chi connectivity index (χ1v) is 7.19. The largest absolute Gasteiger partial charge is 0.325 e. The molecule has 2 heteroatoms.